The summed E-state index contributed by atoms with van der Waals surface area (Å²) < 4.78 is 0. The molecule has 3 rings (SSSR count). The number of nitrogens with zero attached hydrogens (tertiary/aromatic N) is 2. The maximum atomic E-state index is 3.46. The SMILES string of the molecule is CN1CCN(CC2=CC3=C(CC2)CNC3)CC1. The van der Waals surface area contributed by atoms with Gasteiger partial charge in [-0.1, -0.05) is 17.2 Å². The van der Waals surface area contributed by atoms with Crippen molar-refractivity contribution in [2.24, 2.45) is 0 Å². The molecule has 0 unspecified atom stereocenters. The maximum absolute atomic E-state index is 3.46. The van der Waals surface area contributed by atoms with Crippen LogP contribution in [0.4, 0.5) is 0 Å². The van der Waals surface area contributed by atoms with Gasteiger partial charge >= 0.3 is 0 Å². The van der Waals surface area contributed by atoms with Gasteiger partial charge in [0.25, 0.3) is 0 Å². The Hall–Kier alpha value is -0.640. The number of nitrogens with one attached hydrogen (secondary N) is 1. The molecule has 0 aromatic rings. The highest BCUT2D eigenvalue weighted by Gasteiger charge is 2.20. The molecule has 94 valence electrons. The minimum Gasteiger partial charge on any atom is -0.309 e. The van der Waals surface area contributed by atoms with Gasteiger partial charge in [0, 0.05) is 45.8 Å². The molecule has 0 aromatic heterocycles. The number of hydrogen-bond donors (Lipinski definition) is 1. The van der Waals surface area contributed by atoms with Crippen molar-refractivity contribution in [1.29, 1.82) is 0 Å². The first kappa shape index (κ1) is 11.5. The highest BCUT2D eigenvalue weighted by Crippen LogP contribution is 2.26. The van der Waals surface area contributed by atoms with Crippen LogP contribution >= 0.6 is 0 Å². The van der Waals surface area contributed by atoms with Crippen LogP contribution in [0.5, 0.6) is 0 Å². The topological polar surface area (TPSA) is 18.5 Å². The molecular weight excluding hydrogens is 210 g/mol. The Morgan fingerprint density at radius 3 is 2.76 bits per heavy atom. The zero-order valence-electron chi connectivity index (χ0n) is 10.8. The van der Waals surface area contributed by atoms with Gasteiger partial charge in [-0.05, 0) is 25.5 Å². The Bertz CT molecular complexity index is 348. The molecular formula is C14H23N3. The molecule has 1 saturated heterocycles. The van der Waals surface area contributed by atoms with Crippen LogP contribution in [0, 0.1) is 0 Å². The smallest absolute Gasteiger partial charge is 0.0208 e. The van der Waals surface area contributed by atoms with Crippen LogP contribution in [0.2, 0.25) is 0 Å². The van der Waals surface area contributed by atoms with Crippen molar-refractivity contribution in [3.8, 4) is 0 Å². The van der Waals surface area contributed by atoms with Crippen LogP contribution in [-0.4, -0.2) is 62.7 Å². The van der Waals surface area contributed by atoms with E-state index in [1.807, 2.05) is 0 Å². The van der Waals surface area contributed by atoms with Gasteiger partial charge in [0.2, 0.25) is 0 Å². The third-order valence-electron chi connectivity index (χ3n) is 4.26. The zero-order chi connectivity index (χ0) is 11.7. The van der Waals surface area contributed by atoms with E-state index in [-0.39, 0.29) is 0 Å². The summed E-state index contributed by atoms with van der Waals surface area (Å²) in [6, 6.07) is 0. The second-order valence-corrected chi connectivity index (χ2v) is 5.61. The van der Waals surface area contributed by atoms with E-state index < -0.39 is 0 Å². The average molecular weight is 233 g/mol. The van der Waals surface area contributed by atoms with Crippen LogP contribution in [0.1, 0.15) is 12.8 Å². The molecule has 0 amide bonds. The van der Waals surface area contributed by atoms with Crippen molar-refractivity contribution in [2.45, 2.75) is 12.8 Å². The number of likely N-dealkylation sites (N-methyl/N-ethyl adjacent to an activating group) is 1. The van der Waals surface area contributed by atoms with E-state index >= 15 is 0 Å². The van der Waals surface area contributed by atoms with Gasteiger partial charge in [-0.25, -0.2) is 0 Å². The fourth-order valence-corrected chi connectivity index (χ4v) is 3.04. The van der Waals surface area contributed by atoms with Crippen LogP contribution in [0.25, 0.3) is 0 Å². The molecule has 1 N–H and O–H groups in total. The van der Waals surface area contributed by atoms with Crippen molar-refractivity contribution in [3.63, 3.8) is 0 Å². The van der Waals surface area contributed by atoms with Crippen molar-refractivity contribution in [2.75, 3.05) is 52.9 Å². The second-order valence-electron chi connectivity index (χ2n) is 5.61. The van der Waals surface area contributed by atoms with Crippen LogP contribution in [0.3, 0.4) is 0 Å². The van der Waals surface area contributed by atoms with Gasteiger partial charge in [-0.15, -0.1) is 0 Å². The lowest BCUT2D eigenvalue weighted by molar-refractivity contribution is 0.163. The molecule has 0 spiro atoms. The molecule has 0 saturated carbocycles. The quantitative estimate of drug-likeness (QED) is 0.763. The molecule has 3 nitrogen and oxygen atoms in total. The molecule has 3 heteroatoms. The number of rotatable bonds is 2. The molecule has 0 bridgehead atoms. The van der Waals surface area contributed by atoms with Gasteiger partial charge in [0.1, 0.15) is 0 Å². The fraction of sp³-hybridized carbons (Fsp3) is 0.714. The zero-order valence-corrected chi connectivity index (χ0v) is 10.8. The van der Waals surface area contributed by atoms with E-state index in [1.54, 1.807) is 16.7 Å². The van der Waals surface area contributed by atoms with Crippen LogP contribution in [-0.2, 0) is 0 Å². The summed E-state index contributed by atoms with van der Waals surface area (Å²) in [5.74, 6) is 0. The third-order valence-corrected chi connectivity index (χ3v) is 4.26. The Kier molecular flexibility index (Phi) is 3.32. The van der Waals surface area contributed by atoms with Gasteiger partial charge < -0.3 is 10.2 Å². The van der Waals surface area contributed by atoms with E-state index in [9.17, 15) is 0 Å². The second kappa shape index (κ2) is 4.92. The predicted molar refractivity (Wildman–Crippen MR) is 71.1 cm³/mol. The van der Waals surface area contributed by atoms with Crippen LogP contribution < -0.4 is 5.32 Å². The Balaban J connectivity index is 1.59. The summed E-state index contributed by atoms with van der Waals surface area (Å²) >= 11 is 0. The number of hydrogen-bond acceptors (Lipinski definition) is 3. The van der Waals surface area contributed by atoms with Gasteiger partial charge in [0.05, 0.1) is 0 Å². The van der Waals surface area contributed by atoms with Crippen molar-refractivity contribution in [1.82, 2.24) is 15.1 Å². The molecule has 3 aliphatic rings. The first-order chi connectivity index (χ1) is 8.31. The molecule has 1 fully saturated rings. The minimum absolute atomic E-state index is 1.10. The van der Waals surface area contributed by atoms with E-state index in [1.165, 1.54) is 45.6 Å². The Morgan fingerprint density at radius 1 is 1.12 bits per heavy atom. The largest absolute Gasteiger partial charge is 0.309 e. The van der Waals surface area contributed by atoms with Crippen LogP contribution in [0.15, 0.2) is 22.8 Å². The van der Waals surface area contributed by atoms with Crippen molar-refractivity contribution in [3.05, 3.63) is 22.8 Å². The summed E-state index contributed by atoms with van der Waals surface area (Å²) in [4.78, 5) is 5.03. The van der Waals surface area contributed by atoms with E-state index in [2.05, 4.69) is 28.2 Å². The molecule has 2 heterocycles. The van der Waals surface area contributed by atoms with E-state index in [4.69, 9.17) is 0 Å². The standard InChI is InChI=1S/C14H23N3/c1-16-4-6-17(7-5-16)11-12-2-3-13-9-15-10-14(13)8-12/h8,15H,2-7,9-11H2,1H3. The van der Waals surface area contributed by atoms with E-state index in [0.29, 0.717) is 0 Å². The molecule has 1 aliphatic carbocycles. The lowest BCUT2D eigenvalue weighted by atomic mass is 9.94. The first-order valence-corrected chi connectivity index (χ1v) is 6.83. The summed E-state index contributed by atoms with van der Waals surface area (Å²) in [5, 5.41) is 3.46. The van der Waals surface area contributed by atoms with Gasteiger partial charge in [-0.3, -0.25) is 4.90 Å². The van der Waals surface area contributed by atoms with Crippen molar-refractivity contribution >= 4 is 0 Å². The number of piperazine rings is 1. The van der Waals surface area contributed by atoms with Gasteiger partial charge in [-0.2, -0.15) is 0 Å². The Labute approximate surface area is 104 Å². The molecule has 0 radical (unpaired) electrons. The predicted octanol–water partition coefficient (Wildman–Crippen LogP) is 0.854. The summed E-state index contributed by atoms with van der Waals surface area (Å²) in [6.07, 6.45) is 5.05. The molecule has 2 aliphatic heterocycles. The normalized spacial score (nSPS) is 27.2. The lowest BCUT2D eigenvalue weighted by Gasteiger charge is -2.33. The van der Waals surface area contributed by atoms with Crippen molar-refractivity contribution < 1.29 is 0 Å². The summed E-state index contributed by atoms with van der Waals surface area (Å²) in [6.45, 7) is 8.35. The molecule has 17 heavy (non-hydrogen) atoms. The molecule has 0 atom stereocenters. The minimum atomic E-state index is 1.10. The maximum Gasteiger partial charge on any atom is 0.0208 e. The monoisotopic (exact) mass is 233 g/mol. The van der Waals surface area contributed by atoms with E-state index in [0.717, 1.165) is 13.1 Å². The first-order valence-electron chi connectivity index (χ1n) is 6.83. The highest BCUT2D eigenvalue weighted by molar-refractivity contribution is 5.38. The fourth-order valence-electron chi connectivity index (χ4n) is 3.04. The Morgan fingerprint density at radius 2 is 1.94 bits per heavy atom. The average Bonchev–Trinajstić information content (AvgIpc) is 2.79. The summed E-state index contributed by atoms with van der Waals surface area (Å²) in [7, 11) is 2.22. The van der Waals surface area contributed by atoms with Gasteiger partial charge in [0.15, 0.2) is 0 Å². The summed E-state index contributed by atoms with van der Waals surface area (Å²) in [5.41, 5.74) is 4.89. The molecule has 0 aromatic carbocycles. The third kappa shape index (κ3) is 2.62. The highest BCUT2D eigenvalue weighted by atomic mass is 15.2. The lowest BCUT2D eigenvalue weighted by Crippen LogP contribution is -2.45.